The molecule has 0 atom stereocenters. The molecule has 1 aromatic carbocycles. The van der Waals surface area contributed by atoms with E-state index in [1.165, 1.54) is 29.5 Å². The average molecular weight is 245 g/mol. The van der Waals surface area contributed by atoms with Gasteiger partial charge in [-0.05, 0) is 63.0 Å². The summed E-state index contributed by atoms with van der Waals surface area (Å²) < 4.78 is 6.06. The van der Waals surface area contributed by atoms with Crippen LogP contribution in [0.15, 0.2) is 12.1 Å². The zero-order valence-corrected chi connectivity index (χ0v) is 11.5. The molecular formula is C16H23NO. The molecule has 2 saturated carbocycles. The van der Waals surface area contributed by atoms with E-state index in [9.17, 15) is 0 Å². The Bertz CT molecular complexity index is 458. The van der Waals surface area contributed by atoms with Gasteiger partial charge in [-0.3, -0.25) is 0 Å². The van der Waals surface area contributed by atoms with Crippen molar-refractivity contribution >= 4 is 0 Å². The van der Waals surface area contributed by atoms with E-state index in [4.69, 9.17) is 10.5 Å². The van der Waals surface area contributed by atoms with E-state index in [-0.39, 0.29) is 5.54 Å². The molecule has 2 aliphatic carbocycles. The van der Waals surface area contributed by atoms with Gasteiger partial charge in [0.05, 0.1) is 6.61 Å². The third-order valence-corrected chi connectivity index (χ3v) is 4.09. The van der Waals surface area contributed by atoms with Crippen LogP contribution in [0.2, 0.25) is 0 Å². The maximum absolute atomic E-state index is 6.26. The van der Waals surface area contributed by atoms with E-state index in [0.29, 0.717) is 0 Å². The largest absolute Gasteiger partial charge is 0.493 e. The standard InChI is InChI=1S/C16H23NO/c1-11-7-12(2)15(18-10-13-3-4-13)14(8-11)9-16(17)5-6-16/h7-8,13H,3-6,9-10,17H2,1-2H3. The van der Waals surface area contributed by atoms with Crippen molar-refractivity contribution in [3.63, 3.8) is 0 Å². The number of ether oxygens (including phenoxy) is 1. The summed E-state index contributed by atoms with van der Waals surface area (Å²) in [5.41, 5.74) is 10.2. The fourth-order valence-electron chi connectivity index (χ4n) is 2.58. The molecule has 0 unspecified atom stereocenters. The Labute approximate surface area is 110 Å². The first-order valence-electron chi connectivity index (χ1n) is 7.08. The van der Waals surface area contributed by atoms with Gasteiger partial charge in [0.1, 0.15) is 5.75 Å². The predicted octanol–water partition coefficient (Wildman–Crippen LogP) is 3.13. The second-order valence-corrected chi connectivity index (χ2v) is 6.36. The zero-order valence-electron chi connectivity index (χ0n) is 11.5. The summed E-state index contributed by atoms with van der Waals surface area (Å²) in [5.74, 6) is 1.90. The summed E-state index contributed by atoms with van der Waals surface area (Å²) in [4.78, 5) is 0. The van der Waals surface area contributed by atoms with Crippen molar-refractivity contribution in [1.29, 1.82) is 0 Å². The topological polar surface area (TPSA) is 35.2 Å². The highest BCUT2D eigenvalue weighted by Crippen LogP contribution is 2.39. The molecule has 2 fully saturated rings. The molecule has 2 nitrogen and oxygen atoms in total. The van der Waals surface area contributed by atoms with Gasteiger partial charge in [-0.2, -0.15) is 0 Å². The maximum atomic E-state index is 6.26. The molecule has 0 saturated heterocycles. The van der Waals surface area contributed by atoms with Crippen molar-refractivity contribution in [2.24, 2.45) is 11.7 Å². The quantitative estimate of drug-likeness (QED) is 0.865. The summed E-state index contributed by atoms with van der Waals surface area (Å²) in [5, 5.41) is 0. The van der Waals surface area contributed by atoms with E-state index in [2.05, 4.69) is 26.0 Å². The Balaban J connectivity index is 1.82. The fourth-order valence-corrected chi connectivity index (χ4v) is 2.58. The van der Waals surface area contributed by atoms with Crippen LogP contribution in [0.4, 0.5) is 0 Å². The van der Waals surface area contributed by atoms with Crippen LogP contribution in [0, 0.1) is 19.8 Å². The summed E-state index contributed by atoms with van der Waals surface area (Å²) in [6.45, 7) is 5.18. The molecule has 0 aliphatic heterocycles. The first kappa shape index (κ1) is 12.0. The van der Waals surface area contributed by atoms with Crippen molar-refractivity contribution in [2.45, 2.75) is 51.5 Å². The minimum absolute atomic E-state index is 0.0535. The third-order valence-electron chi connectivity index (χ3n) is 4.09. The van der Waals surface area contributed by atoms with E-state index in [0.717, 1.165) is 37.5 Å². The highest BCUT2D eigenvalue weighted by molar-refractivity contribution is 5.45. The molecule has 2 aliphatic rings. The Morgan fingerprint density at radius 3 is 2.61 bits per heavy atom. The fraction of sp³-hybridized carbons (Fsp3) is 0.625. The summed E-state index contributed by atoms with van der Waals surface area (Å²) in [6.07, 6.45) is 5.95. The van der Waals surface area contributed by atoms with Crippen LogP contribution in [0.1, 0.15) is 42.4 Å². The van der Waals surface area contributed by atoms with Gasteiger partial charge in [0.2, 0.25) is 0 Å². The van der Waals surface area contributed by atoms with Crippen LogP contribution in [0.25, 0.3) is 0 Å². The Hall–Kier alpha value is -1.02. The van der Waals surface area contributed by atoms with Crippen LogP contribution in [-0.2, 0) is 6.42 Å². The Morgan fingerprint density at radius 2 is 2.00 bits per heavy atom. The van der Waals surface area contributed by atoms with Crippen LogP contribution in [-0.4, -0.2) is 12.1 Å². The number of benzene rings is 1. The van der Waals surface area contributed by atoms with E-state index >= 15 is 0 Å². The molecule has 0 spiro atoms. The van der Waals surface area contributed by atoms with Crippen LogP contribution in [0.5, 0.6) is 5.75 Å². The first-order valence-corrected chi connectivity index (χ1v) is 7.08. The van der Waals surface area contributed by atoms with Gasteiger partial charge >= 0.3 is 0 Å². The summed E-state index contributed by atoms with van der Waals surface area (Å²) in [6, 6.07) is 4.46. The second kappa shape index (κ2) is 4.27. The van der Waals surface area contributed by atoms with Crippen molar-refractivity contribution in [3.8, 4) is 5.75 Å². The molecule has 0 radical (unpaired) electrons. The minimum atomic E-state index is 0.0535. The first-order chi connectivity index (χ1) is 8.56. The number of hydrogen-bond acceptors (Lipinski definition) is 2. The molecule has 98 valence electrons. The second-order valence-electron chi connectivity index (χ2n) is 6.36. The molecular weight excluding hydrogens is 222 g/mol. The lowest BCUT2D eigenvalue weighted by Gasteiger charge is -2.17. The lowest BCUT2D eigenvalue weighted by Crippen LogP contribution is -2.25. The van der Waals surface area contributed by atoms with Gasteiger partial charge in [0.25, 0.3) is 0 Å². The number of nitrogens with two attached hydrogens (primary N) is 1. The van der Waals surface area contributed by atoms with Crippen molar-refractivity contribution in [1.82, 2.24) is 0 Å². The van der Waals surface area contributed by atoms with Crippen molar-refractivity contribution in [3.05, 3.63) is 28.8 Å². The summed E-state index contributed by atoms with van der Waals surface area (Å²) in [7, 11) is 0. The van der Waals surface area contributed by atoms with Gasteiger partial charge in [-0.1, -0.05) is 17.7 Å². The third kappa shape index (κ3) is 2.69. The molecule has 0 bridgehead atoms. The lowest BCUT2D eigenvalue weighted by atomic mass is 9.99. The van der Waals surface area contributed by atoms with E-state index < -0.39 is 0 Å². The minimum Gasteiger partial charge on any atom is -0.493 e. The van der Waals surface area contributed by atoms with Crippen LogP contribution >= 0.6 is 0 Å². The predicted molar refractivity (Wildman–Crippen MR) is 74.0 cm³/mol. The number of aryl methyl sites for hydroxylation is 2. The highest BCUT2D eigenvalue weighted by atomic mass is 16.5. The molecule has 1 aromatic rings. The normalized spacial score (nSPS) is 20.8. The van der Waals surface area contributed by atoms with Crippen LogP contribution < -0.4 is 10.5 Å². The van der Waals surface area contributed by atoms with Gasteiger partial charge < -0.3 is 10.5 Å². The number of hydrogen-bond donors (Lipinski definition) is 1. The molecule has 0 heterocycles. The molecule has 3 rings (SSSR count). The van der Waals surface area contributed by atoms with E-state index in [1.54, 1.807) is 0 Å². The lowest BCUT2D eigenvalue weighted by molar-refractivity contribution is 0.294. The van der Waals surface area contributed by atoms with Gasteiger partial charge in [0, 0.05) is 5.54 Å². The maximum Gasteiger partial charge on any atom is 0.125 e. The monoisotopic (exact) mass is 245 g/mol. The van der Waals surface area contributed by atoms with Gasteiger partial charge in [-0.25, -0.2) is 0 Å². The molecule has 18 heavy (non-hydrogen) atoms. The molecule has 0 amide bonds. The number of rotatable bonds is 5. The Morgan fingerprint density at radius 1 is 1.28 bits per heavy atom. The SMILES string of the molecule is Cc1cc(C)c(OCC2CC2)c(CC2(N)CC2)c1. The summed E-state index contributed by atoms with van der Waals surface area (Å²) >= 11 is 0. The van der Waals surface area contributed by atoms with Crippen molar-refractivity contribution in [2.75, 3.05) is 6.61 Å². The average Bonchev–Trinajstić information content (AvgIpc) is 3.16. The van der Waals surface area contributed by atoms with Crippen LogP contribution in [0.3, 0.4) is 0 Å². The zero-order chi connectivity index (χ0) is 12.8. The van der Waals surface area contributed by atoms with Gasteiger partial charge in [0.15, 0.2) is 0 Å². The molecule has 2 N–H and O–H groups in total. The highest BCUT2D eigenvalue weighted by Gasteiger charge is 2.39. The Kier molecular flexibility index (Phi) is 2.86. The van der Waals surface area contributed by atoms with Crippen molar-refractivity contribution < 1.29 is 4.74 Å². The molecule has 0 aromatic heterocycles. The van der Waals surface area contributed by atoms with Gasteiger partial charge in [-0.15, -0.1) is 0 Å². The molecule has 2 heteroatoms. The smallest absolute Gasteiger partial charge is 0.125 e. The van der Waals surface area contributed by atoms with E-state index in [1.807, 2.05) is 0 Å².